The molecule has 29 heavy (non-hydrogen) atoms. The van der Waals surface area contributed by atoms with Crippen LogP contribution in [0.5, 0.6) is 0 Å². The van der Waals surface area contributed by atoms with E-state index in [2.05, 4.69) is 28.9 Å². The van der Waals surface area contributed by atoms with E-state index in [1.807, 2.05) is 49.4 Å². The number of thiazole rings is 1. The molecule has 0 saturated carbocycles. The Labute approximate surface area is 174 Å². The highest BCUT2D eigenvalue weighted by Crippen LogP contribution is 2.31. The van der Waals surface area contributed by atoms with E-state index in [1.54, 1.807) is 0 Å². The molecule has 0 radical (unpaired) electrons. The standard InChI is InChI=1S/C23H23N3O2S/c1-3-26(12-6-11-24)19-10-9-17(16(2)13-19)14-18(15-22(27)28)23-25-20-7-4-5-8-21(20)29-23/h4-5,7-10,13-14H,3,6,12,15H2,1-2H3,(H,27,28). The van der Waals surface area contributed by atoms with Crippen LogP contribution in [0.2, 0.25) is 0 Å². The van der Waals surface area contributed by atoms with Gasteiger partial charge in [0, 0.05) is 18.8 Å². The lowest BCUT2D eigenvalue weighted by Gasteiger charge is -2.22. The van der Waals surface area contributed by atoms with Crippen molar-refractivity contribution in [3.05, 3.63) is 58.6 Å². The number of carboxylic acids is 1. The van der Waals surface area contributed by atoms with E-state index < -0.39 is 5.97 Å². The molecule has 0 bridgehead atoms. The Bertz CT molecular complexity index is 1060. The average Bonchev–Trinajstić information content (AvgIpc) is 3.13. The SMILES string of the molecule is CCN(CCC#N)c1ccc(C=C(CC(=O)O)c2nc3ccccc3s2)c(C)c1. The number of nitriles is 1. The number of anilines is 1. The Hall–Kier alpha value is -3.17. The summed E-state index contributed by atoms with van der Waals surface area (Å²) < 4.78 is 1.04. The predicted octanol–water partition coefficient (Wildman–Crippen LogP) is 5.36. The lowest BCUT2D eigenvalue weighted by molar-refractivity contribution is -0.135. The minimum atomic E-state index is -0.876. The number of fused-ring (bicyclic) bond motifs is 1. The van der Waals surface area contributed by atoms with E-state index in [-0.39, 0.29) is 6.42 Å². The van der Waals surface area contributed by atoms with Crippen LogP contribution in [-0.4, -0.2) is 29.1 Å². The largest absolute Gasteiger partial charge is 0.481 e. The van der Waals surface area contributed by atoms with Gasteiger partial charge in [0.15, 0.2) is 0 Å². The smallest absolute Gasteiger partial charge is 0.307 e. The number of aryl methyl sites for hydroxylation is 1. The Kier molecular flexibility index (Phi) is 6.63. The van der Waals surface area contributed by atoms with E-state index in [9.17, 15) is 9.90 Å². The van der Waals surface area contributed by atoms with Crippen LogP contribution >= 0.6 is 11.3 Å². The number of carbonyl (C=O) groups is 1. The van der Waals surface area contributed by atoms with Gasteiger partial charge in [-0.3, -0.25) is 4.79 Å². The summed E-state index contributed by atoms with van der Waals surface area (Å²) in [4.78, 5) is 18.3. The van der Waals surface area contributed by atoms with Crippen LogP contribution in [0.25, 0.3) is 21.9 Å². The zero-order valence-corrected chi connectivity index (χ0v) is 17.4. The van der Waals surface area contributed by atoms with Gasteiger partial charge in [0.2, 0.25) is 0 Å². The third kappa shape index (κ3) is 5.01. The molecule has 0 aliphatic heterocycles. The first kappa shape index (κ1) is 20.6. The molecule has 148 valence electrons. The van der Waals surface area contributed by atoms with Crippen molar-refractivity contribution < 1.29 is 9.90 Å². The van der Waals surface area contributed by atoms with Gasteiger partial charge >= 0.3 is 5.97 Å². The molecule has 3 rings (SSSR count). The number of hydrogen-bond acceptors (Lipinski definition) is 5. The summed E-state index contributed by atoms with van der Waals surface area (Å²) in [6, 6.07) is 16.1. The van der Waals surface area contributed by atoms with Gasteiger partial charge in [0.1, 0.15) is 5.01 Å². The summed E-state index contributed by atoms with van der Waals surface area (Å²) in [7, 11) is 0. The highest BCUT2D eigenvalue weighted by molar-refractivity contribution is 7.19. The van der Waals surface area contributed by atoms with Crippen molar-refractivity contribution in [2.75, 3.05) is 18.0 Å². The highest BCUT2D eigenvalue weighted by atomic mass is 32.1. The van der Waals surface area contributed by atoms with Crippen LogP contribution in [0.3, 0.4) is 0 Å². The molecule has 3 aromatic rings. The Morgan fingerprint density at radius 3 is 2.76 bits per heavy atom. The zero-order chi connectivity index (χ0) is 20.8. The van der Waals surface area contributed by atoms with Crippen LogP contribution in [-0.2, 0) is 4.79 Å². The minimum absolute atomic E-state index is 0.0791. The lowest BCUT2D eigenvalue weighted by Crippen LogP contribution is -2.23. The Balaban J connectivity index is 1.97. The topological polar surface area (TPSA) is 77.2 Å². The van der Waals surface area contributed by atoms with Crippen molar-refractivity contribution in [3.8, 4) is 6.07 Å². The maximum Gasteiger partial charge on any atom is 0.307 e. The number of benzene rings is 2. The van der Waals surface area contributed by atoms with Gasteiger partial charge in [0.25, 0.3) is 0 Å². The van der Waals surface area contributed by atoms with Crippen molar-refractivity contribution in [3.63, 3.8) is 0 Å². The number of carboxylic acid groups (broad SMARTS) is 1. The molecule has 1 aromatic heterocycles. The average molecular weight is 406 g/mol. The fraction of sp³-hybridized carbons (Fsp3) is 0.261. The molecular weight excluding hydrogens is 382 g/mol. The monoisotopic (exact) mass is 405 g/mol. The van der Waals surface area contributed by atoms with Crippen molar-refractivity contribution >= 4 is 44.9 Å². The maximum atomic E-state index is 11.5. The number of aromatic nitrogens is 1. The van der Waals surface area contributed by atoms with E-state index in [0.29, 0.717) is 18.5 Å². The molecule has 1 N–H and O–H groups in total. The summed E-state index contributed by atoms with van der Waals surface area (Å²) in [5.41, 5.74) is 4.68. The minimum Gasteiger partial charge on any atom is -0.481 e. The van der Waals surface area contributed by atoms with Crippen LogP contribution in [0.1, 0.15) is 35.9 Å². The summed E-state index contributed by atoms with van der Waals surface area (Å²) in [5, 5.41) is 19.0. The number of nitrogens with zero attached hydrogens (tertiary/aromatic N) is 3. The summed E-state index contributed by atoms with van der Waals surface area (Å²) in [5.74, 6) is -0.876. The lowest BCUT2D eigenvalue weighted by atomic mass is 10.0. The van der Waals surface area contributed by atoms with Crippen LogP contribution in [0, 0.1) is 18.3 Å². The van der Waals surface area contributed by atoms with Gasteiger partial charge in [-0.15, -0.1) is 11.3 Å². The first-order chi connectivity index (χ1) is 14.0. The van der Waals surface area contributed by atoms with Crippen molar-refractivity contribution in [2.45, 2.75) is 26.7 Å². The summed E-state index contributed by atoms with van der Waals surface area (Å²) in [6.07, 6.45) is 2.33. The molecule has 1 heterocycles. The maximum absolute atomic E-state index is 11.5. The van der Waals surface area contributed by atoms with Crippen molar-refractivity contribution in [1.29, 1.82) is 5.26 Å². The van der Waals surface area contributed by atoms with Gasteiger partial charge in [-0.25, -0.2) is 4.98 Å². The van der Waals surface area contributed by atoms with Gasteiger partial charge in [0.05, 0.1) is 29.1 Å². The normalized spacial score (nSPS) is 11.4. The van der Waals surface area contributed by atoms with E-state index in [1.165, 1.54) is 11.3 Å². The second-order valence-corrected chi connectivity index (χ2v) is 7.79. The molecule has 0 amide bonds. The third-order valence-electron chi connectivity index (χ3n) is 4.73. The molecule has 6 heteroatoms. The van der Waals surface area contributed by atoms with E-state index >= 15 is 0 Å². The van der Waals surface area contributed by atoms with Crippen molar-refractivity contribution in [1.82, 2.24) is 4.98 Å². The third-order valence-corrected chi connectivity index (χ3v) is 5.85. The van der Waals surface area contributed by atoms with Crippen LogP contribution < -0.4 is 4.90 Å². The molecule has 0 fully saturated rings. The first-order valence-electron chi connectivity index (χ1n) is 9.52. The number of para-hydroxylation sites is 1. The van der Waals surface area contributed by atoms with Crippen LogP contribution in [0.4, 0.5) is 5.69 Å². The Morgan fingerprint density at radius 2 is 2.10 bits per heavy atom. The Morgan fingerprint density at radius 1 is 1.31 bits per heavy atom. The zero-order valence-electron chi connectivity index (χ0n) is 16.6. The molecule has 5 nitrogen and oxygen atoms in total. The van der Waals surface area contributed by atoms with E-state index in [4.69, 9.17) is 5.26 Å². The summed E-state index contributed by atoms with van der Waals surface area (Å²) >= 11 is 1.51. The van der Waals surface area contributed by atoms with E-state index in [0.717, 1.165) is 38.6 Å². The number of rotatable bonds is 8. The van der Waals surface area contributed by atoms with Gasteiger partial charge in [-0.2, -0.15) is 5.26 Å². The quantitative estimate of drug-likeness (QED) is 0.546. The first-order valence-corrected chi connectivity index (χ1v) is 10.3. The second kappa shape index (κ2) is 9.35. The molecule has 0 atom stereocenters. The van der Waals surface area contributed by atoms with Gasteiger partial charge < -0.3 is 10.0 Å². The predicted molar refractivity (Wildman–Crippen MR) is 119 cm³/mol. The van der Waals surface area contributed by atoms with Crippen LogP contribution in [0.15, 0.2) is 42.5 Å². The highest BCUT2D eigenvalue weighted by Gasteiger charge is 2.14. The molecular formula is C23H23N3O2S. The van der Waals surface area contributed by atoms with Crippen molar-refractivity contribution in [2.24, 2.45) is 0 Å². The number of hydrogen-bond donors (Lipinski definition) is 1. The molecule has 0 saturated heterocycles. The fourth-order valence-corrected chi connectivity index (χ4v) is 4.20. The van der Waals surface area contributed by atoms with Gasteiger partial charge in [-0.05, 0) is 60.9 Å². The molecule has 0 aliphatic carbocycles. The molecule has 0 unspecified atom stereocenters. The molecule has 0 aliphatic rings. The molecule has 0 spiro atoms. The number of aliphatic carboxylic acids is 1. The molecule has 2 aromatic carbocycles. The second-order valence-electron chi connectivity index (χ2n) is 6.76. The fourth-order valence-electron chi connectivity index (χ4n) is 3.22. The summed E-state index contributed by atoms with van der Waals surface area (Å²) in [6.45, 7) is 5.60. The van der Waals surface area contributed by atoms with Gasteiger partial charge in [-0.1, -0.05) is 18.2 Å².